The highest BCUT2D eigenvalue weighted by Gasteiger charge is 2.17. The van der Waals surface area contributed by atoms with E-state index in [2.05, 4.69) is 10.9 Å². The number of fused-ring (bicyclic) bond motifs is 2. The predicted molar refractivity (Wildman–Crippen MR) is 102 cm³/mol. The van der Waals surface area contributed by atoms with Crippen LogP contribution in [0, 0.1) is 0 Å². The second-order valence-corrected chi connectivity index (χ2v) is 7.91. The molecule has 2 aromatic rings. The molecule has 2 N–H and O–H groups in total. The summed E-state index contributed by atoms with van der Waals surface area (Å²) in [6, 6.07) is 7.39. The molecule has 2 heterocycles. The summed E-state index contributed by atoms with van der Waals surface area (Å²) in [4.78, 5) is 26.5. The first-order valence-electron chi connectivity index (χ1n) is 9.28. The fourth-order valence-electron chi connectivity index (χ4n) is 3.39. The van der Waals surface area contributed by atoms with Gasteiger partial charge in [-0.2, -0.15) is 0 Å². The Morgan fingerprint density at radius 2 is 1.78 bits per heavy atom. The summed E-state index contributed by atoms with van der Waals surface area (Å²) in [7, 11) is 0. The number of nitrogens with one attached hydrogen (secondary N) is 2. The molecule has 6 nitrogen and oxygen atoms in total. The van der Waals surface area contributed by atoms with Gasteiger partial charge >= 0.3 is 0 Å². The van der Waals surface area contributed by atoms with Gasteiger partial charge in [0.05, 0.1) is 11.3 Å². The molecular formula is C20H22N2O4S. The first kappa shape index (κ1) is 17.9. The smallest absolute Gasteiger partial charge is 0.279 e. The van der Waals surface area contributed by atoms with Crippen LogP contribution in [0.15, 0.2) is 24.3 Å². The highest BCUT2D eigenvalue weighted by atomic mass is 32.1. The Kier molecular flexibility index (Phi) is 5.29. The Bertz CT molecular complexity index is 838. The zero-order valence-electron chi connectivity index (χ0n) is 15.0. The van der Waals surface area contributed by atoms with Crippen LogP contribution in [0.25, 0.3) is 0 Å². The molecule has 0 saturated heterocycles. The van der Waals surface area contributed by atoms with Crippen molar-refractivity contribution in [2.24, 2.45) is 0 Å². The number of thiophene rings is 1. The molecule has 27 heavy (non-hydrogen) atoms. The number of ether oxygens (including phenoxy) is 2. The minimum absolute atomic E-state index is 0.151. The number of hydrazine groups is 1. The van der Waals surface area contributed by atoms with Crippen molar-refractivity contribution in [2.75, 3.05) is 13.2 Å². The van der Waals surface area contributed by atoms with Crippen LogP contribution in [0.1, 0.15) is 44.9 Å². The molecule has 142 valence electrons. The van der Waals surface area contributed by atoms with Crippen LogP contribution in [0.2, 0.25) is 0 Å². The maximum atomic E-state index is 12.3. The van der Waals surface area contributed by atoms with E-state index in [1.807, 2.05) is 12.1 Å². The summed E-state index contributed by atoms with van der Waals surface area (Å²) in [5, 5.41) is 0. The van der Waals surface area contributed by atoms with Gasteiger partial charge in [0, 0.05) is 4.88 Å². The van der Waals surface area contributed by atoms with Crippen LogP contribution in [0.4, 0.5) is 0 Å². The normalized spacial score (nSPS) is 15.4. The quantitative estimate of drug-likeness (QED) is 0.628. The molecule has 0 atom stereocenters. The minimum atomic E-state index is -0.279. The third-order valence-electron chi connectivity index (χ3n) is 4.76. The lowest BCUT2D eigenvalue weighted by atomic mass is 10.1. The van der Waals surface area contributed by atoms with Crippen LogP contribution in [-0.2, 0) is 24.1 Å². The Labute approximate surface area is 161 Å². The Morgan fingerprint density at radius 3 is 2.67 bits per heavy atom. The number of amides is 2. The molecule has 7 heteroatoms. The average molecular weight is 386 g/mol. The molecule has 0 radical (unpaired) electrons. The van der Waals surface area contributed by atoms with Crippen molar-refractivity contribution in [1.82, 2.24) is 10.9 Å². The lowest BCUT2D eigenvalue weighted by Gasteiger charge is -2.18. The lowest BCUT2D eigenvalue weighted by Crippen LogP contribution is -2.42. The van der Waals surface area contributed by atoms with Crippen molar-refractivity contribution in [1.29, 1.82) is 0 Å². The molecule has 1 aromatic heterocycles. The molecular weight excluding hydrogens is 364 g/mol. The van der Waals surface area contributed by atoms with Crippen LogP contribution < -0.4 is 20.3 Å². The SMILES string of the molecule is O=C(Cc1ccc2c(c1)OCCO2)NNC(=O)c1cc2c(s1)CCCCC2. The van der Waals surface area contributed by atoms with Gasteiger partial charge in [0.2, 0.25) is 5.91 Å². The lowest BCUT2D eigenvalue weighted by molar-refractivity contribution is -0.121. The van der Waals surface area contributed by atoms with Gasteiger partial charge in [0.15, 0.2) is 11.5 Å². The maximum Gasteiger partial charge on any atom is 0.279 e. The van der Waals surface area contributed by atoms with Crippen molar-refractivity contribution >= 4 is 23.2 Å². The van der Waals surface area contributed by atoms with Crippen molar-refractivity contribution in [3.8, 4) is 11.5 Å². The van der Waals surface area contributed by atoms with E-state index in [1.54, 1.807) is 12.1 Å². The van der Waals surface area contributed by atoms with E-state index in [-0.39, 0.29) is 18.2 Å². The third kappa shape index (κ3) is 4.24. The number of rotatable bonds is 3. The number of carbonyl (C=O) groups is 2. The first-order chi connectivity index (χ1) is 13.2. The van der Waals surface area contributed by atoms with Crippen LogP contribution in [-0.4, -0.2) is 25.0 Å². The Morgan fingerprint density at radius 1 is 0.963 bits per heavy atom. The molecule has 0 spiro atoms. The van der Waals surface area contributed by atoms with E-state index in [4.69, 9.17) is 9.47 Å². The van der Waals surface area contributed by atoms with Crippen molar-refractivity contribution < 1.29 is 19.1 Å². The highest BCUT2D eigenvalue weighted by molar-refractivity contribution is 7.14. The molecule has 0 saturated carbocycles. The van der Waals surface area contributed by atoms with Gasteiger partial charge in [0.25, 0.3) is 5.91 Å². The number of carbonyl (C=O) groups excluding carboxylic acids is 2. The zero-order chi connectivity index (χ0) is 18.6. The monoisotopic (exact) mass is 386 g/mol. The van der Waals surface area contributed by atoms with Crippen molar-refractivity contribution in [2.45, 2.75) is 38.5 Å². The topological polar surface area (TPSA) is 76.7 Å². The van der Waals surface area contributed by atoms with E-state index < -0.39 is 0 Å². The van der Waals surface area contributed by atoms with Crippen LogP contribution >= 0.6 is 11.3 Å². The van der Waals surface area contributed by atoms with Crippen LogP contribution in [0.5, 0.6) is 11.5 Å². The molecule has 2 aliphatic rings. The molecule has 2 amide bonds. The molecule has 1 aliphatic carbocycles. The van der Waals surface area contributed by atoms with Crippen LogP contribution in [0.3, 0.4) is 0 Å². The summed E-state index contributed by atoms with van der Waals surface area (Å²) in [6.45, 7) is 1.04. The van der Waals surface area contributed by atoms with Gasteiger partial charge < -0.3 is 9.47 Å². The fourth-order valence-corrected chi connectivity index (χ4v) is 4.54. The first-order valence-corrected chi connectivity index (χ1v) is 10.1. The van der Waals surface area contributed by atoms with Gasteiger partial charge in [0.1, 0.15) is 13.2 Å². The molecule has 1 aromatic carbocycles. The van der Waals surface area contributed by atoms with Gasteiger partial charge in [-0.3, -0.25) is 20.4 Å². The van der Waals surface area contributed by atoms with E-state index in [9.17, 15) is 9.59 Å². The molecule has 0 unspecified atom stereocenters. The van der Waals surface area contributed by atoms with E-state index >= 15 is 0 Å². The number of hydrogen-bond acceptors (Lipinski definition) is 5. The fraction of sp³-hybridized carbons (Fsp3) is 0.400. The van der Waals surface area contributed by atoms with E-state index in [1.165, 1.54) is 41.0 Å². The van der Waals surface area contributed by atoms with E-state index in [0.717, 1.165) is 18.4 Å². The minimum Gasteiger partial charge on any atom is -0.486 e. The second kappa shape index (κ2) is 8.00. The summed E-state index contributed by atoms with van der Waals surface area (Å²) < 4.78 is 11.0. The highest BCUT2D eigenvalue weighted by Crippen LogP contribution is 2.31. The third-order valence-corrected chi connectivity index (χ3v) is 5.99. The van der Waals surface area contributed by atoms with Gasteiger partial charge in [-0.15, -0.1) is 11.3 Å². The van der Waals surface area contributed by atoms with Gasteiger partial charge in [-0.1, -0.05) is 12.5 Å². The Balaban J connectivity index is 1.32. The maximum absolute atomic E-state index is 12.3. The summed E-state index contributed by atoms with van der Waals surface area (Å²) in [5.74, 6) is 0.800. The summed E-state index contributed by atoms with van der Waals surface area (Å²) >= 11 is 1.53. The number of aryl methyl sites for hydroxylation is 2. The molecule has 4 rings (SSSR count). The summed E-state index contributed by atoms with van der Waals surface area (Å²) in [5.41, 5.74) is 7.10. The predicted octanol–water partition coefficient (Wildman–Crippen LogP) is 2.79. The molecule has 1 aliphatic heterocycles. The number of benzene rings is 1. The second-order valence-electron chi connectivity index (χ2n) is 6.78. The average Bonchev–Trinajstić information content (AvgIpc) is 2.97. The van der Waals surface area contributed by atoms with Crippen molar-refractivity contribution in [3.63, 3.8) is 0 Å². The largest absolute Gasteiger partial charge is 0.486 e. The Hall–Kier alpha value is -2.54. The van der Waals surface area contributed by atoms with Gasteiger partial charge in [-0.25, -0.2) is 0 Å². The zero-order valence-corrected chi connectivity index (χ0v) is 15.8. The molecule has 0 fully saturated rings. The van der Waals surface area contributed by atoms with E-state index in [0.29, 0.717) is 29.6 Å². The molecule has 0 bridgehead atoms. The van der Waals surface area contributed by atoms with Crippen molar-refractivity contribution in [3.05, 3.63) is 45.1 Å². The standard InChI is InChI=1S/C20H22N2O4S/c23-19(11-13-6-7-15-16(10-13)26-9-8-25-15)21-22-20(24)18-12-14-4-2-1-3-5-17(14)27-18/h6-7,10,12H,1-5,8-9,11H2,(H,21,23)(H,22,24). The summed E-state index contributed by atoms with van der Waals surface area (Å²) in [6.07, 6.45) is 5.84. The number of hydrogen-bond donors (Lipinski definition) is 2. The van der Waals surface area contributed by atoms with Gasteiger partial charge in [-0.05, 0) is 55.0 Å².